The van der Waals surface area contributed by atoms with Gasteiger partial charge in [0.1, 0.15) is 5.75 Å². The van der Waals surface area contributed by atoms with Crippen molar-refractivity contribution in [2.45, 2.75) is 0 Å². The first kappa shape index (κ1) is 18.2. The summed E-state index contributed by atoms with van der Waals surface area (Å²) >= 11 is 0. The van der Waals surface area contributed by atoms with Crippen LogP contribution in [0.5, 0.6) is 5.75 Å². The Morgan fingerprint density at radius 2 is 2.08 bits per heavy atom. The van der Waals surface area contributed by atoms with Crippen LogP contribution < -0.4 is 15.4 Å². The van der Waals surface area contributed by atoms with Crippen LogP contribution >= 0.6 is 0 Å². The van der Waals surface area contributed by atoms with E-state index in [4.69, 9.17) is 9.47 Å². The van der Waals surface area contributed by atoms with Gasteiger partial charge in [-0.2, -0.15) is 0 Å². The van der Waals surface area contributed by atoms with Crippen molar-refractivity contribution in [1.29, 1.82) is 0 Å². The summed E-state index contributed by atoms with van der Waals surface area (Å²) in [5, 5.41) is 6.18. The van der Waals surface area contributed by atoms with Gasteiger partial charge in [0, 0.05) is 44.1 Å². The Morgan fingerprint density at radius 3 is 2.88 bits per heavy atom. The molecule has 0 radical (unpaired) electrons. The maximum atomic E-state index is 12.3. The third-order valence-electron chi connectivity index (χ3n) is 4.18. The Hall–Kier alpha value is -2.64. The second-order valence-electron chi connectivity index (χ2n) is 6.03. The number of rotatable bonds is 7. The van der Waals surface area contributed by atoms with E-state index in [0.717, 1.165) is 50.0 Å². The van der Waals surface area contributed by atoms with Crippen LogP contribution in [0.3, 0.4) is 0 Å². The fourth-order valence-corrected chi connectivity index (χ4v) is 2.75. The van der Waals surface area contributed by atoms with Crippen molar-refractivity contribution >= 4 is 17.3 Å². The minimum absolute atomic E-state index is 0.125. The number of carbonyl (C=O) groups excluding carboxylic acids is 1. The minimum Gasteiger partial charge on any atom is -0.497 e. The lowest BCUT2D eigenvalue weighted by molar-refractivity contribution is 0.0383. The number of pyridine rings is 1. The highest BCUT2D eigenvalue weighted by molar-refractivity contribution is 5.94. The van der Waals surface area contributed by atoms with Crippen molar-refractivity contribution in [1.82, 2.24) is 15.2 Å². The van der Waals surface area contributed by atoms with E-state index in [9.17, 15) is 4.79 Å². The van der Waals surface area contributed by atoms with E-state index in [-0.39, 0.29) is 5.91 Å². The fraction of sp³-hybridized carbons (Fsp3) is 0.368. The lowest BCUT2D eigenvalue weighted by Crippen LogP contribution is -2.41. The molecule has 0 unspecified atom stereocenters. The summed E-state index contributed by atoms with van der Waals surface area (Å²) in [6, 6.07) is 9.38. The predicted octanol–water partition coefficient (Wildman–Crippen LogP) is 1.90. The van der Waals surface area contributed by atoms with Gasteiger partial charge in [0.15, 0.2) is 0 Å². The summed E-state index contributed by atoms with van der Waals surface area (Å²) in [7, 11) is 1.63. The van der Waals surface area contributed by atoms with Gasteiger partial charge in [0.2, 0.25) is 0 Å². The van der Waals surface area contributed by atoms with Gasteiger partial charge in [-0.1, -0.05) is 6.07 Å². The third-order valence-corrected chi connectivity index (χ3v) is 4.18. The summed E-state index contributed by atoms with van der Waals surface area (Å²) in [5.41, 5.74) is 2.15. The first-order valence-electron chi connectivity index (χ1n) is 8.69. The standard InChI is InChI=1S/C19H24N4O3/c1-25-18-4-2-3-16(12-18)22-17-11-15(13-20-14-17)19(24)21-5-6-23-7-9-26-10-8-23/h2-4,11-14,22H,5-10H2,1H3,(H,21,24). The van der Waals surface area contributed by atoms with Gasteiger partial charge in [-0.05, 0) is 18.2 Å². The van der Waals surface area contributed by atoms with Crippen LogP contribution in [-0.2, 0) is 4.74 Å². The molecule has 1 aliphatic rings. The molecule has 1 aromatic heterocycles. The van der Waals surface area contributed by atoms with Crippen molar-refractivity contribution < 1.29 is 14.3 Å². The number of morpholine rings is 1. The molecule has 7 nitrogen and oxygen atoms in total. The third kappa shape index (κ3) is 5.18. The maximum absolute atomic E-state index is 12.3. The summed E-state index contributed by atoms with van der Waals surface area (Å²) in [6.07, 6.45) is 3.25. The van der Waals surface area contributed by atoms with Crippen molar-refractivity contribution in [2.24, 2.45) is 0 Å². The zero-order valence-corrected chi connectivity index (χ0v) is 14.9. The van der Waals surface area contributed by atoms with Crippen molar-refractivity contribution in [3.8, 4) is 5.75 Å². The lowest BCUT2D eigenvalue weighted by Gasteiger charge is -2.26. The molecule has 2 aromatic rings. The molecular formula is C19H24N4O3. The molecule has 2 N–H and O–H groups in total. The number of hydrogen-bond acceptors (Lipinski definition) is 6. The highest BCUT2D eigenvalue weighted by Crippen LogP contribution is 2.21. The molecule has 0 aliphatic carbocycles. The molecule has 0 saturated carbocycles. The molecule has 1 saturated heterocycles. The van der Waals surface area contributed by atoms with Crippen LogP contribution in [0.1, 0.15) is 10.4 Å². The van der Waals surface area contributed by atoms with E-state index in [1.54, 1.807) is 25.6 Å². The average molecular weight is 356 g/mol. The number of aromatic nitrogens is 1. The number of nitrogens with zero attached hydrogens (tertiary/aromatic N) is 2. The largest absolute Gasteiger partial charge is 0.497 e. The molecule has 7 heteroatoms. The van der Waals surface area contributed by atoms with E-state index >= 15 is 0 Å². The number of nitrogens with one attached hydrogen (secondary N) is 2. The zero-order valence-electron chi connectivity index (χ0n) is 14.9. The summed E-state index contributed by atoms with van der Waals surface area (Å²) in [6.45, 7) is 4.77. The molecule has 1 aromatic carbocycles. The monoisotopic (exact) mass is 356 g/mol. The number of methoxy groups -OCH3 is 1. The molecule has 0 spiro atoms. The topological polar surface area (TPSA) is 75.7 Å². The molecule has 0 atom stereocenters. The molecule has 2 heterocycles. The summed E-state index contributed by atoms with van der Waals surface area (Å²) in [5.74, 6) is 0.639. The molecule has 26 heavy (non-hydrogen) atoms. The van der Waals surface area contributed by atoms with E-state index in [0.29, 0.717) is 12.1 Å². The summed E-state index contributed by atoms with van der Waals surface area (Å²) < 4.78 is 10.5. The lowest BCUT2D eigenvalue weighted by atomic mass is 10.2. The molecule has 1 aliphatic heterocycles. The Kier molecular flexibility index (Phi) is 6.40. The first-order valence-corrected chi connectivity index (χ1v) is 8.69. The predicted molar refractivity (Wildman–Crippen MR) is 100 cm³/mol. The smallest absolute Gasteiger partial charge is 0.252 e. The van der Waals surface area contributed by atoms with E-state index in [2.05, 4.69) is 20.5 Å². The van der Waals surface area contributed by atoms with Crippen LogP contribution in [-0.4, -0.2) is 62.3 Å². The average Bonchev–Trinajstić information content (AvgIpc) is 2.69. The van der Waals surface area contributed by atoms with Crippen molar-refractivity contribution in [3.63, 3.8) is 0 Å². The normalized spacial score (nSPS) is 14.7. The van der Waals surface area contributed by atoms with Gasteiger partial charge < -0.3 is 20.1 Å². The van der Waals surface area contributed by atoms with Gasteiger partial charge in [-0.25, -0.2) is 0 Å². The van der Waals surface area contributed by atoms with Gasteiger partial charge in [0.05, 0.1) is 37.8 Å². The van der Waals surface area contributed by atoms with E-state index in [1.165, 1.54) is 0 Å². The quantitative estimate of drug-likeness (QED) is 0.789. The number of hydrogen-bond donors (Lipinski definition) is 2. The minimum atomic E-state index is -0.125. The first-order chi connectivity index (χ1) is 12.7. The molecule has 0 bridgehead atoms. The Balaban J connectivity index is 1.54. The molecule has 3 rings (SSSR count). The fourth-order valence-electron chi connectivity index (χ4n) is 2.75. The number of amides is 1. The summed E-state index contributed by atoms with van der Waals surface area (Å²) in [4.78, 5) is 18.8. The second kappa shape index (κ2) is 9.17. The Labute approximate surface area is 153 Å². The number of ether oxygens (including phenoxy) is 2. The van der Waals surface area contributed by atoms with Crippen LogP contribution in [0, 0.1) is 0 Å². The molecular weight excluding hydrogens is 332 g/mol. The highest BCUT2D eigenvalue weighted by atomic mass is 16.5. The molecule has 1 fully saturated rings. The van der Waals surface area contributed by atoms with Gasteiger partial charge in [-0.3, -0.25) is 14.7 Å². The van der Waals surface area contributed by atoms with Gasteiger partial charge >= 0.3 is 0 Å². The van der Waals surface area contributed by atoms with Crippen LogP contribution in [0.2, 0.25) is 0 Å². The maximum Gasteiger partial charge on any atom is 0.252 e. The van der Waals surface area contributed by atoms with E-state index < -0.39 is 0 Å². The van der Waals surface area contributed by atoms with Gasteiger partial charge in [-0.15, -0.1) is 0 Å². The number of anilines is 2. The van der Waals surface area contributed by atoms with Crippen molar-refractivity contribution in [2.75, 3.05) is 51.8 Å². The zero-order chi connectivity index (χ0) is 18.2. The second-order valence-corrected chi connectivity index (χ2v) is 6.03. The number of benzene rings is 1. The van der Waals surface area contributed by atoms with Crippen LogP contribution in [0.25, 0.3) is 0 Å². The van der Waals surface area contributed by atoms with Crippen LogP contribution in [0.4, 0.5) is 11.4 Å². The molecule has 1 amide bonds. The van der Waals surface area contributed by atoms with E-state index in [1.807, 2.05) is 24.3 Å². The highest BCUT2D eigenvalue weighted by Gasteiger charge is 2.11. The van der Waals surface area contributed by atoms with Gasteiger partial charge in [0.25, 0.3) is 5.91 Å². The molecule has 138 valence electrons. The van der Waals surface area contributed by atoms with Crippen molar-refractivity contribution in [3.05, 3.63) is 48.3 Å². The SMILES string of the molecule is COc1cccc(Nc2cncc(C(=O)NCCN3CCOCC3)c2)c1. The Morgan fingerprint density at radius 1 is 1.23 bits per heavy atom. The van der Waals surface area contributed by atoms with Crippen LogP contribution in [0.15, 0.2) is 42.7 Å². The number of carbonyl (C=O) groups is 1. The Bertz CT molecular complexity index is 732.